The molecule has 0 radical (unpaired) electrons. The number of furan rings is 1. The van der Waals surface area contributed by atoms with Crippen LogP contribution in [0.2, 0.25) is 0 Å². The Balaban J connectivity index is 1.43. The predicted octanol–water partition coefficient (Wildman–Crippen LogP) is 3.51. The van der Waals surface area contributed by atoms with Crippen molar-refractivity contribution in [3.05, 3.63) is 54.3 Å². The van der Waals surface area contributed by atoms with E-state index in [1.807, 2.05) is 42.5 Å². The molecule has 2 aromatic carbocycles. The van der Waals surface area contributed by atoms with Gasteiger partial charge in [0.2, 0.25) is 5.91 Å². The van der Waals surface area contributed by atoms with Crippen molar-refractivity contribution in [3.63, 3.8) is 0 Å². The molecular formula is C25H27N3O4. The van der Waals surface area contributed by atoms with Gasteiger partial charge < -0.3 is 24.7 Å². The van der Waals surface area contributed by atoms with Gasteiger partial charge >= 0.3 is 0 Å². The van der Waals surface area contributed by atoms with E-state index in [1.165, 1.54) is 7.11 Å². The number of hydrogen-bond donors (Lipinski definition) is 2. The summed E-state index contributed by atoms with van der Waals surface area (Å²) in [6.45, 7) is 3.15. The highest BCUT2D eigenvalue weighted by atomic mass is 16.5. The van der Waals surface area contributed by atoms with Gasteiger partial charge in [0.05, 0.1) is 0 Å². The van der Waals surface area contributed by atoms with Gasteiger partial charge in [-0.1, -0.05) is 36.4 Å². The number of carbonyl (C=O) groups is 2. The van der Waals surface area contributed by atoms with E-state index in [-0.39, 0.29) is 24.5 Å². The van der Waals surface area contributed by atoms with Gasteiger partial charge in [-0.25, -0.2) is 0 Å². The summed E-state index contributed by atoms with van der Waals surface area (Å²) in [6, 6.07) is 15.3. The van der Waals surface area contributed by atoms with Crippen LogP contribution in [0.3, 0.4) is 0 Å². The molecule has 2 amide bonds. The van der Waals surface area contributed by atoms with E-state index in [9.17, 15) is 9.59 Å². The molecule has 3 fully saturated rings. The summed E-state index contributed by atoms with van der Waals surface area (Å²) in [7, 11) is 1.48. The zero-order valence-corrected chi connectivity index (χ0v) is 18.1. The summed E-state index contributed by atoms with van der Waals surface area (Å²) in [6.07, 6.45) is 2.28. The average Bonchev–Trinajstić information content (AvgIpc) is 3.25. The Morgan fingerprint density at radius 3 is 2.62 bits per heavy atom. The number of hydrogen-bond acceptors (Lipinski definition) is 5. The lowest BCUT2D eigenvalue weighted by molar-refractivity contribution is -0.119. The Labute approximate surface area is 186 Å². The van der Waals surface area contributed by atoms with E-state index in [0.717, 1.165) is 49.0 Å². The third kappa shape index (κ3) is 4.01. The minimum absolute atomic E-state index is 0.0246. The quantitative estimate of drug-likeness (QED) is 0.622. The third-order valence-corrected chi connectivity index (χ3v) is 6.51. The monoisotopic (exact) mass is 433 g/mol. The minimum atomic E-state index is -0.232. The van der Waals surface area contributed by atoms with Crippen LogP contribution in [0.4, 0.5) is 5.69 Å². The van der Waals surface area contributed by atoms with Crippen LogP contribution in [0, 0.1) is 5.92 Å². The number of nitrogens with zero attached hydrogens (tertiary/aromatic N) is 1. The Hall–Kier alpha value is -3.16. The first-order valence-electron chi connectivity index (χ1n) is 11.1. The number of fused-ring (bicyclic) bond motifs is 4. The van der Waals surface area contributed by atoms with Crippen molar-refractivity contribution in [1.29, 1.82) is 0 Å². The van der Waals surface area contributed by atoms with Gasteiger partial charge in [-0.3, -0.25) is 9.59 Å². The van der Waals surface area contributed by atoms with Crippen molar-refractivity contribution in [2.45, 2.75) is 18.9 Å². The third-order valence-electron chi connectivity index (χ3n) is 6.51. The molecule has 7 nitrogen and oxygen atoms in total. The molecule has 3 saturated heterocycles. The first-order chi connectivity index (χ1) is 15.6. The van der Waals surface area contributed by atoms with E-state index in [0.29, 0.717) is 22.9 Å². The maximum absolute atomic E-state index is 13.0. The second kappa shape index (κ2) is 8.76. The molecular weight excluding hydrogens is 406 g/mol. The van der Waals surface area contributed by atoms with E-state index in [4.69, 9.17) is 9.15 Å². The van der Waals surface area contributed by atoms with Crippen LogP contribution >= 0.6 is 0 Å². The van der Waals surface area contributed by atoms with E-state index in [2.05, 4.69) is 15.5 Å². The first-order valence-corrected chi connectivity index (χ1v) is 11.1. The zero-order valence-electron chi connectivity index (χ0n) is 18.1. The van der Waals surface area contributed by atoms with Gasteiger partial charge in [-0.15, -0.1) is 0 Å². The Morgan fingerprint density at radius 1 is 1.09 bits per heavy atom. The van der Waals surface area contributed by atoms with Gasteiger partial charge in [-0.2, -0.15) is 0 Å². The maximum atomic E-state index is 13.0. The molecule has 6 rings (SSSR count). The number of benzene rings is 2. The Morgan fingerprint density at radius 2 is 1.88 bits per heavy atom. The summed E-state index contributed by atoms with van der Waals surface area (Å²) in [5.41, 5.74) is 2.93. The highest BCUT2D eigenvalue weighted by Gasteiger charge is 2.35. The second-order valence-electron chi connectivity index (χ2n) is 8.58. The number of anilines is 1. The summed E-state index contributed by atoms with van der Waals surface area (Å²) < 4.78 is 11.0. The van der Waals surface area contributed by atoms with Crippen LogP contribution in [-0.4, -0.2) is 56.1 Å². The van der Waals surface area contributed by atoms with Crippen LogP contribution in [0.5, 0.6) is 0 Å². The van der Waals surface area contributed by atoms with Gasteiger partial charge in [0.25, 0.3) is 5.91 Å². The maximum Gasteiger partial charge on any atom is 0.287 e. The van der Waals surface area contributed by atoms with Crippen molar-refractivity contribution in [2.24, 2.45) is 5.92 Å². The van der Waals surface area contributed by atoms with Gasteiger partial charge in [0, 0.05) is 41.9 Å². The van der Waals surface area contributed by atoms with Crippen molar-refractivity contribution in [2.75, 3.05) is 38.7 Å². The molecule has 0 saturated carbocycles. The predicted molar refractivity (Wildman–Crippen MR) is 123 cm³/mol. The molecule has 2 N–H and O–H groups in total. The molecule has 3 aliphatic rings. The van der Waals surface area contributed by atoms with E-state index >= 15 is 0 Å². The second-order valence-corrected chi connectivity index (χ2v) is 8.58. The number of amides is 2. The first kappa shape index (κ1) is 20.7. The Bertz CT molecular complexity index is 1150. The zero-order chi connectivity index (χ0) is 22.1. The molecule has 4 heterocycles. The number of rotatable bonds is 6. The van der Waals surface area contributed by atoms with Crippen molar-refractivity contribution in [3.8, 4) is 11.1 Å². The molecule has 7 heteroatoms. The fourth-order valence-electron chi connectivity index (χ4n) is 4.90. The van der Waals surface area contributed by atoms with Gasteiger partial charge in [0.1, 0.15) is 12.2 Å². The smallest absolute Gasteiger partial charge is 0.287 e. The molecule has 32 heavy (non-hydrogen) atoms. The highest BCUT2D eigenvalue weighted by Crippen LogP contribution is 2.35. The highest BCUT2D eigenvalue weighted by molar-refractivity contribution is 6.03. The summed E-state index contributed by atoms with van der Waals surface area (Å²) in [5.74, 6) is 0.452. The number of nitrogens with one attached hydrogen (secondary N) is 2. The van der Waals surface area contributed by atoms with Crippen LogP contribution < -0.4 is 10.6 Å². The molecule has 0 unspecified atom stereocenters. The van der Waals surface area contributed by atoms with Crippen molar-refractivity contribution < 1.29 is 18.7 Å². The van der Waals surface area contributed by atoms with E-state index in [1.54, 1.807) is 6.07 Å². The lowest BCUT2D eigenvalue weighted by Crippen LogP contribution is -2.57. The van der Waals surface area contributed by atoms with Crippen LogP contribution in [0.25, 0.3) is 22.1 Å². The SMILES string of the molecule is COCC(=O)Nc1ccccc1-c1cccc2cc(C(=O)N[C@H]3CN4CCC3CC4)oc12. The fraction of sp³-hybridized carbons (Fsp3) is 0.360. The van der Waals surface area contributed by atoms with E-state index < -0.39 is 0 Å². The minimum Gasteiger partial charge on any atom is -0.450 e. The number of carbonyl (C=O) groups excluding carboxylic acids is 2. The fourth-order valence-corrected chi connectivity index (χ4v) is 4.90. The standard InChI is InChI=1S/C25H27N3O4/c1-31-15-23(29)26-20-8-3-2-6-18(20)19-7-4-5-17-13-22(32-24(17)19)25(30)27-21-14-28-11-9-16(21)10-12-28/h2-8,13,16,21H,9-12,14-15H2,1H3,(H,26,29)(H,27,30)/t21-/m0/s1. The lowest BCUT2D eigenvalue weighted by atomic mass is 9.84. The summed E-state index contributed by atoms with van der Waals surface area (Å²) in [4.78, 5) is 27.5. The topological polar surface area (TPSA) is 83.8 Å². The largest absolute Gasteiger partial charge is 0.450 e. The van der Waals surface area contributed by atoms with Gasteiger partial charge in [0.15, 0.2) is 5.76 Å². The molecule has 3 aliphatic heterocycles. The number of para-hydroxylation sites is 2. The van der Waals surface area contributed by atoms with Crippen molar-refractivity contribution in [1.82, 2.24) is 10.2 Å². The number of ether oxygens (including phenoxy) is 1. The molecule has 166 valence electrons. The number of methoxy groups -OCH3 is 1. The molecule has 0 spiro atoms. The normalized spacial score (nSPS) is 22.1. The van der Waals surface area contributed by atoms with Crippen LogP contribution in [0.15, 0.2) is 52.9 Å². The van der Waals surface area contributed by atoms with Gasteiger partial charge in [-0.05, 0) is 44.0 Å². The molecule has 3 aromatic rings. The van der Waals surface area contributed by atoms with Crippen LogP contribution in [-0.2, 0) is 9.53 Å². The van der Waals surface area contributed by atoms with Crippen LogP contribution in [0.1, 0.15) is 23.4 Å². The summed E-state index contributed by atoms with van der Waals surface area (Å²) >= 11 is 0. The molecule has 2 bridgehead atoms. The summed E-state index contributed by atoms with van der Waals surface area (Å²) in [5, 5.41) is 6.92. The van der Waals surface area contributed by atoms with Crippen molar-refractivity contribution >= 4 is 28.5 Å². The Kier molecular flexibility index (Phi) is 5.68. The average molecular weight is 434 g/mol. The lowest BCUT2D eigenvalue weighted by Gasteiger charge is -2.44. The molecule has 1 aromatic heterocycles. The molecule has 1 atom stereocenters. The molecule has 0 aliphatic carbocycles. The number of piperidine rings is 3.